The SMILES string of the molecule is Cl.NC1CCCC(C(=O)Nc2ccc(NC(=O)c3cccs3)cc2)C1. The molecule has 0 saturated heterocycles. The van der Waals surface area contributed by atoms with E-state index in [0.29, 0.717) is 10.6 Å². The maximum absolute atomic E-state index is 12.3. The molecule has 0 aliphatic heterocycles. The molecule has 4 N–H and O–H groups in total. The van der Waals surface area contributed by atoms with Crippen LogP contribution in [0.4, 0.5) is 11.4 Å². The van der Waals surface area contributed by atoms with Gasteiger partial charge in [0, 0.05) is 23.3 Å². The second kappa shape index (κ2) is 8.99. The predicted octanol–water partition coefficient (Wildman–Crippen LogP) is 3.88. The van der Waals surface area contributed by atoms with Gasteiger partial charge in [-0.05, 0) is 55.0 Å². The Bertz CT molecular complexity index is 704. The molecule has 2 unspecified atom stereocenters. The van der Waals surface area contributed by atoms with Crippen LogP contribution >= 0.6 is 23.7 Å². The molecule has 1 heterocycles. The summed E-state index contributed by atoms with van der Waals surface area (Å²) in [7, 11) is 0. The normalized spacial score (nSPS) is 19.6. The first-order valence-corrected chi connectivity index (χ1v) is 9.01. The topological polar surface area (TPSA) is 84.2 Å². The Morgan fingerprint density at radius 1 is 1.04 bits per heavy atom. The molecular formula is C18H22ClN3O2S. The number of amides is 2. The lowest BCUT2D eigenvalue weighted by molar-refractivity contribution is -0.120. The summed E-state index contributed by atoms with van der Waals surface area (Å²) < 4.78 is 0. The van der Waals surface area contributed by atoms with E-state index < -0.39 is 0 Å². The van der Waals surface area contributed by atoms with Crippen molar-refractivity contribution in [3.05, 3.63) is 46.7 Å². The zero-order chi connectivity index (χ0) is 16.9. The van der Waals surface area contributed by atoms with Gasteiger partial charge in [0.25, 0.3) is 5.91 Å². The summed E-state index contributed by atoms with van der Waals surface area (Å²) in [6.45, 7) is 0. The van der Waals surface area contributed by atoms with E-state index in [-0.39, 0.29) is 36.2 Å². The fourth-order valence-corrected chi connectivity index (χ4v) is 3.57. The van der Waals surface area contributed by atoms with Crippen molar-refractivity contribution in [3.63, 3.8) is 0 Å². The first-order valence-electron chi connectivity index (χ1n) is 8.13. The summed E-state index contributed by atoms with van der Waals surface area (Å²) in [6, 6.07) is 10.9. The van der Waals surface area contributed by atoms with Gasteiger partial charge in [0.2, 0.25) is 5.91 Å². The molecule has 2 amide bonds. The second-order valence-electron chi connectivity index (χ2n) is 6.12. The van der Waals surface area contributed by atoms with E-state index in [1.165, 1.54) is 11.3 Å². The molecule has 1 aliphatic rings. The number of rotatable bonds is 4. The Balaban J connectivity index is 0.00000225. The summed E-state index contributed by atoms with van der Waals surface area (Å²) in [5.74, 6) is -0.106. The zero-order valence-corrected chi connectivity index (χ0v) is 15.4. The Hall–Kier alpha value is -1.89. The number of benzene rings is 1. The molecular weight excluding hydrogens is 358 g/mol. The minimum Gasteiger partial charge on any atom is -0.328 e. The van der Waals surface area contributed by atoms with Crippen LogP contribution in [-0.4, -0.2) is 17.9 Å². The van der Waals surface area contributed by atoms with Gasteiger partial charge < -0.3 is 16.4 Å². The number of nitrogens with two attached hydrogens (primary N) is 1. The number of carbonyl (C=O) groups is 2. The van der Waals surface area contributed by atoms with Gasteiger partial charge >= 0.3 is 0 Å². The average molecular weight is 380 g/mol. The first-order chi connectivity index (χ1) is 11.6. The van der Waals surface area contributed by atoms with Gasteiger partial charge in [-0.1, -0.05) is 12.5 Å². The van der Waals surface area contributed by atoms with Gasteiger partial charge in [-0.25, -0.2) is 0 Å². The van der Waals surface area contributed by atoms with E-state index in [0.717, 1.165) is 31.4 Å². The van der Waals surface area contributed by atoms with E-state index in [9.17, 15) is 9.59 Å². The molecule has 0 radical (unpaired) electrons. The molecule has 1 aromatic carbocycles. The van der Waals surface area contributed by atoms with Crippen LogP contribution in [0.25, 0.3) is 0 Å². The fraction of sp³-hybridized carbons (Fsp3) is 0.333. The van der Waals surface area contributed by atoms with E-state index in [1.807, 2.05) is 11.4 Å². The van der Waals surface area contributed by atoms with Crippen molar-refractivity contribution in [2.24, 2.45) is 11.7 Å². The third-order valence-corrected chi connectivity index (χ3v) is 5.11. The second-order valence-corrected chi connectivity index (χ2v) is 7.07. The Kier molecular flexibility index (Phi) is 6.99. The molecule has 1 saturated carbocycles. The van der Waals surface area contributed by atoms with E-state index in [1.54, 1.807) is 30.3 Å². The number of thiophene rings is 1. The lowest BCUT2D eigenvalue weighted by atomic mass is 9.85. The molecule has 1 fully saturated rings. The summed E-state index contributed by atoms with van der Waals surface area (Å²) in [5.41, 5.74) is 7.37. The van der Waals surface area contributed by atoms with Crippen LogP contribution in [0.3, 0.4) is 0 Å². The highest BCUT2D eigenvalue weighted by atomic mass is 35.5. The molecule has 0 bridgehead atoms. The number of halogens is 1. The van der Waals surface area contributed by atoms with Crippen LogP contribution in [-0.2, 0) is 4.79 Å². The van der Waals surface area contributed by atoms with Crippen LogP contribution in [0.5, 0.6) is 0 Å². The number of nitrogens with one attached hydrogen (secondary N) is 2. The molecule has 2 atom stereocenters. The molecule has 2 aromatic rings. The van der Waals surface area contributed by atoms with Crippen molar-refractivity contribution in [2.45, 2.75) is 31.7 Å². The highest BCUT2D eigenvalue weighted by molar-refractivity contribution is 7.12. The third-order valence-electron chi connectivity index (χ3n) is 4.24. The number of carbonyl (C=O) groups excluding carboxylic acids is 2. The molecule has 1 aromatic heterocycles. The van der Waals surface area contributed by atoms with Crippen molar-refractivity contribution in [1.82, 2.24) is 0 Å². The van der Waals surface area contributed by atoms with Crippen molar-refractivity contribution in [3.8, 4) is 0 Å². The minimum absolute atomic E-state index is 0. The van der Waals surface area contributed by atoms with Crippen LogP contribution in [0.1, 0.15) is 35.4 Å². The standard InChI is InChI=1S/C18H21N3O2S.ClH/c19-13-4-1-3-12(11-13)17(22)20-14-6-8-15(9-7-14)21-18(23)16-5-2-10-24-16;/h2,5-10,12-13H,1,3-4,11,19H2,(H,20,22)(H,21,23);1H. The highest BCUT2D eigenvalue weighted by Gasteiger charge is 2.25. The van der Waals surface area contributed by atoms with Gasteiger partial charge in [0.05, 0.1) is 4.88 Å². The molecule has 7 heteroatoms. The Morgan fingerprint density at radius 3 is 2.32 bits per heavy atom. The monoisotopic (exact) mass is 379 g/mol. The Labute approximate surface area is 157 Å². The fourth-order valence-electron chi connectivity index (χ4n) is 2.95. The maximum Gasteiger partial charge on any atom is 0.265 e. The van der Waals surface area contributed by atoms with Crippen LogP contribution in [0.15, 0.2) is 41.8 Å². The molecule has 5 nitrogen and oxygen atoms in total. The van der Waals surface area contributed by atoms with Gasteiger partial charge in [0.1, 0.15) is 0 Å². The van der Waals surface area contributed by atoms with Gasteiger partial charge in [0.15, 0.2) is 0 Å². The van der Waals surface area contributed by atoms with Crippen LogP contribution in [0.2, 0.25) is 0 Å². The maximum atomic E-state index is 12.3. The quantitative estimate of drug-likeness (QED) is 0.753. The summed E-state index contributed by atoms with van der Waals surface area (Å²) in [6.07, 6.45) is 3.66. The zero-order valence-electron chi connectivity index (χ0n) is 13.7. The van der Waals surface area contributed by atoms with Gasteiger partial charge in [-0.2, -0.15) is 0 Å². The summed E-state index contributed by atoms with van der Waals surface area (Å²) in [5, 5.41) is 7.64. The van der Waals surface area contributed by atoms with Crippen molar-refractivity contribution < 1.29 is 9.59 Å². The average Bonchev–Trinajstić information content (AvgIpc) is 3.11. The summed E-state index contributed by atoms with van der Waals surface area (Å²) >= 11 is 1.40. The van der Waals surface area contributed by atoms with Crippen molar-refractivity contribution in [2.75, 3.05) is 10.6 Å². The summed E-state index contributed by atoms with van der Waals surface area (Å²) in [4.78, 5) is 25.0. The predicted molar refractivity (Wildman–Crippen MR) is 105 cm³/mol. The van der Waals surface area contributed by atoms with E-state index >= 15 is 0 Å². The highest BCUT2D eigenvalue weighted by Crippen LogP contribution is 2.25. The minimum atomic E-state index is -0.127. The van der Waals surface area contributed by atoms with E-state index in [2.05, 4.69) is 10.6 Å². The van der Waals surface area contributed by atoms with Crippen molar-refractivity contribution >= 4 is 46.9 Å². The van der Waals surface area contributed by atoms with Crippen molar-refractivity contribution in [1.29, 1.82) is 0 Å². The first kappa shape index (κ1) is 19.4. The van der Waals surface area contributed by atoms with E-state index in [4.69, 9.17) is 5.73 Å². The molecule has 0 spiro atoms. The lowest BCUT2D eigenvalue weighted by Gasteiger charge is -2.25. The Morgan fingerprint density at radius 2 is 1.72 bits per heavy atom. The van der Waals surface area contributed by atoms with Gasteiger partial charge in [-0.15, -0.1) is 23.7 Å². The molecule has 1 aliphatic carbocycles. The number of hydrogen-bond acceptors (Lipinski definition) is 4. The van der Waals surface area contributed by atoms with Gasteiger partial charge in [-0.3, -0.25) is 9.59 Å². The lowest BCUT2D eigenvalue weighted by Crippen LogP contribution is -2.34. The van der Waals surface area contributed by atoms with Crippen LogP contribution in [0, 0.1) is 5.92 Å². The smallest absolute Gasteiger partial charge is 0.265 e. The molecule has 3 rings (SSSR count). The number of hydrogen-bond donors (Lipinski definition) is 3. The largest absolute Gasteiger partial charge is 0.328 e. The molecule has 25 heavy (non-hydrogen) atoms. The third kappa shape index (κ3) is 5.29. The molecule has 134 valence electrons. The number of anilines is 2. The van der Waals surface area contributed by atoms with Crippen LogP contribution < -0.4 is 16.4 Å².